The Morgan fingerprint density at radius 3 is 2.90 bits per heavy atom. The van der Waals surface area contributed by atoms with Gasteiger partial charge in [0.15, 0.2) is 0 Å². The van der Waals surface area contributed by atoms with Crippen molar-refractivity contribution < 1.29 is 14.7 Å². The van der Waals surface area contributed by atoms with Gasteiger partial charge in [-0.2, -0.15) is 11.8 Å². The van der Waals surface area contributed by atoms with Crippen LogP contribution >= 0.6 is 11.8 Å². The summed E-state index contributed by atoms with van der Waals surface area (Å²) >= 11 is 1.90. The van der Waals surface area contributed by atoms with E-state index in [0.29, 0.717) is 23.9 Å². The second-order valence-electron chi connectivity index (χ2n) is 7.62. The van der Waals surface area contributed by atoms with Gasteiger partial charge in [-0.1, -0.05) is 23.8 Å². The lowest BCUT2D eigenvalue weighted by molar-refractivity contribution is -0.121. The molecule has 2 aliphatic heterocycles. The highest BCUT2D eigenvalue weighted by Crippen LogP contribution is 2.33. The fourth-order valence-corrected chi connectivity index (χ4v) is 5.35. The first-order valence-corrected chi connectivity index (χ1v) is 11.2. The summed E-state index contributed by atoms with van der Waals surface area (Å²) in [4.78, 5) is 23.5. The quantitative estimate of drug-likeness (QED) is 0.349. The van der Waals surface area contributed by atoms with Gasteiger partial charge in [0.2, 0.25) is 5.91 Å². The number of rotatable bonds is 9. The van der Waals surface area contributed by atoms with E-state index in [0.717, 1.165) is 36.3 Å². The van der Waals surface area contributed by atoms with Gasteiger partial charge in [-0.3, -0.25) is 4.79 Å². The van der Waals surface area contributed by atoms with Crippen molar-refractivity contribution in [3.8, 4) is 5.69 Å². The Morgan fingerprint density at radius 2 is 2.10 bits per heavy atom. The van der Waals surface area contributed by atoms with Gasteiger partial charge in [0.25, 0.3) is 0 Å². The van der Waals surface area contributed by atoms with E-state index in [1.54, 1.807) is 10.9 Å². The van der Waals surface area contributed by atoms with Crippen LogP contribution < -0.4 is 16.0 Å². The summed E-state index contributed by atoms with van der Waals surface area (Å²) in [7, 11) is 0. The number of benzene rings is 1. The number of amides is 3. The smallest absolute Gasteiger partial charge is 0.315 e. The van der Waals surface area contributed by atoms with Crippen molar-refractivity contribution >= 4 is 23.7 Å². The molecule has 0 aliphatic carbocycles. The van der Waals surface area contributed by atoms with Crippen LogP contribution in [0.3, 0.4) is 0 Å². The van der Waals surface area contributed by atoms with Gasteiger partial charge in [0, 0.05) is 17.4 Å². The van der Waals surface area contributed by atoms with E-state index < -0.39 is 0 Å². The van der Waals surface area contributed by atoms with Gasteiger partial charge in [-0.25, -0.2) is 9.48 Å². The lowest BCUT2D eigenvalue weighted by atomic mass is 10.0. The molecule has 9 nitrogen and oxygen atoms in total. The highest BCUT2D eigenvalue weighted by molar-refractivity contribution is 8.00. The summed E-state index contributed by atoms with van der Waals surface area (Å²) in [6.45, 7) is 0.344. The standard InChI is InChI=1S/C20H26N6O3S/c27-11-13-5-7-15(8-6-13)26-10-14(24-25-26)9-21-18(28)4-2-1-3-17-19-16(12-30-17)22-20(29)23-19/h5-8,10,16-17,19,27H,1-4,9,11-12H2,(H,21,28)(H2,22,23,29)/t16-,17-,19-/m0/s1. The molecule has 2 saturated heterocycles. The van der Waals surface area contributed by atoms with Crippen molar-refractivity contribution in [2.24, 2.45) is 0 Å². The van der Waals surface area contributed by atoms with Gasteiger partial charge in [-0.15, -0.1) is 5.10 Å². The monoisotopic (exact) mass is 430 g/mol. The normalized spacial score (nSPS) is 22.4. The van der Waals surface area contributed by atoms with Crippen LogP contribution in [0.4, 0.5) is 4.79 Å². The molecule has 0 spiro atoms. The number of thioether (sulfide) groups is 1. The minimum atomic E-state index is -0.0613. The molecular formula is C20H26N6O3S. The number of aliphatic hydroxyl groups is 1. The van der Waals surface area contributed by atoms with Crippen LogP contribution in [0.2, 0.25) is 0 Å². The maximum absolute atomic E-state index is 12.1. The predicted octanol–water partition coefficient (Wildman–Crippen LogP) is 1.10. The molecule has 0 saturated carbocycles. The number of aromatic nitrogens is 3. The van der Waals surface area contributed by atoms with E-state index in [1.165, 1.54) is 0 Å². The van der Waals surface area contributed by atoms with Crippen molar-refractivity contribution in [1.29, 1.82) is 0 Å². The number of hydrogen-bond acceptors (Lipinski definition) is 6. The topological polar surface area (TPSA) is 121 Å². The molecule has 1 aromatic heterocycles. The highest BCUT2D eigenvalue weighted by Gasteiger charge is 2.42. The van der Waals surface area contributed by atoms with Crippen LogP contribution in [0, 0.1) is 0 Å². The summed E-state index contributed by atoms with van der Waals surface area (Å²) < 4.78 is 1.64. The van der Waals surface area contributed by atoms with E-state index in [9.17, 15) is 9.59 Å². The zero-order valence-corrected chi connectivity index (χ0v) is 17.4. The zero-order chi connectivity index (χ0) is 20.9. The molecule has 10 heteroatoms. The average molecular weight is 431 g/mol. The molecule has 0 radical (unpaired) electrons. The highest BCUT2D eigenvalue weighted by atomic mass is 32.2. The number of fused-ring (bicyclic) bond motifs is 1. The van der Waals surface area contributed by atoms with Crippen LogP contribution in [-0.2, 0) is 17.9 Å². The Labute approximate surface area is 179 Å². The number of hydrogen-bond donors (Lipinski definition) is 4. The molecule has 30 heavy (non-hydrogen) atoms. The fraction of sp³-hybridized carbons (Fsp3) is 0.500. The Hall–Kier alpha value is -2.59. The number of carbonyl (C=O) groups excluding carboxylic acids is 2. The number of nitrogens with one attached hydrogen (secondary N) is 3. The Balaban J connectivity index is 1.15. The second-order valence-corrected chi connectivity index (χ2v) is 8.90. The number of unbranched alkanes of at least 4 members (excludes halogenated alkanes) is 1. The number of carbonyl (C=O) groups is 2. The average Bonchev–Trinajstić information content (AvgIpc) is 3.46. The lowest BCUT2D eigenvalue weighted by Gasteiger charge is -2.16. The third-order valence-corrected chi connectivity index (χ3v) is 6.98. The van der Waals surface area contributed by atoms with Gasteiger partial charge < -0.3 is 21.1 Å². The third kappa shape index (κ3) is 4.93. The first kappa shape index (κ1) is 20.7. The van der Waals surface area contributed by atoms with Crippen LogP contribution in [0.1, 0.15) is 36.9 Å². The molecule has 2 aromatic rings. The molecule has 0 bridgehead atoms. The van der Waals surface area contributed by atoms with Gasteiger partial charge in [-0.05, 0) is 30.5 Å². The van der Waals surface area contributed by atoms with Crippen LogP contribution in [-0.4, -0.2) is 55.1 Å². The van der Waals surface area contributed by atoms with Gasteiger partial charge in [0.05, 0.1) is 37.1 Å². The number of urea groups is 1. The lowest BCUT2D eigenvalue weighted by Crippen LogP contribution is -2.36. The molecule has 3 amide bonds. The maximum Gasteiger partial charge on any atom is 0.315 e. The third-order valence-electron chi connectivity index (χ3n) is 5.47. The summed E-state index contributed by atoms with van der Waals surface area (Å²) in [6, 6.07) is 7.80. The summed E-state index contributed by atoms with van der Waals surface area (Å²) in [5, 5.41) is 26.6. The number of aliphatic hydroxyl groups excluding tert-OH is 1. The molecule has 4 rings (SSSR count). The largest absolute Gasteiger partial charge is 0.392 e. The molecule has 4 N–H and O–H groups in total. The van der Waals surface area contributed by atoms with Crippen LogP contribution in [0.25, 0.3) is 5.69 Å². The first-order chi connectivity index (χ1) is 14.6. The van der Waals surface area contributed by atoms with E-state index in [-0.39, 0.29) is 30.6 Å². The van der Waals surface area contributed by atoms with Gasteiger partial charge >= 0.3 is 6.03 Å². The molecule has 1 aromatic carbocycles. The van der Waals surface area contributed by atoms with E-state index in [1.807, 2.05) is 36.0 Å². The van der Waals surface area contributed by atoms with Crippen LogP contribution in [0.15, 0.2) is 30.5 Å². The van der Waals surface area contributed by atoms with E-state index >= 15 is 0 Å². The summed E-state index contributed by atoms with van der Waals surface area (Å²) in [5.41, 5.74) is 2.37. The summed E-state index contributed by atoms with van der Waals surface area (Å²) in [6.07, 6.45) is 5.05. The van der Waals surface area contributed by atoms with Gasteiger partial charge in [0.1, 0.15) is 5.69 Å². The van der Waals surface area contributed by atoms with Crippen LogP contribution in [0.5, 0.6) is 0 Å². The minimum Gasteiger partial charge on any atom is -0.392 e. The SMILES string of the molecule is O=C(CCCC[C@@H]1SC[C@@H]2NC(=O)N[C@@H]21)NCc1cn(-c2ccc(CO)cc2)nn1. The summed E-state index contributed by atoms with van der Waals surface area (Å²) in [5.74, 6) is 0.963. The molecular weight excluding hydrogens is 404 g/mol. The number of nitrogens with zero attached hydrogens (tertiary/aromatic N) is 3. The molecule has 2 fully saturated rings. The molecule has 0 unspecified atom stereocenters. The second kappa shape index (κ2) is 9.48. The van der Waals surface area contributed by atoms with E-state index in [2.05, 4.69) is 26.3 Å². The fourth-order valence-electron chi connectivity index (χ4n) is 3.81. The Bertz CT molecular complexity index is 887. The Kier molecular flexibility index (Phi) is 6.53. The van der Waals surface area contributed by atoms with Crippen molar-refractivity contribution in [2.45, 2.75) is 56.2 Å². The Morgan fingerprint density at radius 1 is 1.27 bits per heavy atom. The molecule has 2 aliphatic rings. The minimum absolute atomic E-state index is 0.00326. The van der Waals surface area contributed by atoms with Crippen molar-refractivity contribution in [1.82, 2.24) is 30.9 Å². The maximum atomic E-state index is 12.1. The first-order valence-electron chi connectivity index (χ1n) is 10.2. The van der Waals surface area contributed by atoms with Crippen molar-refractivity contribution in [2.75, 3.05) is 5.75 Å². The zero-order valence-electron chi connectivity index (χ0n) is 16.6. The molecule has 3 atom stereocenters. The van der Waals surface area contributed by atoms with Crippen molar-refractivity contribution in [3.05, 3.63) is 41.7 Å². The van der Waals surface area contributed by atoms with E-state index in [4.69, 9.17) is 5.11 Å². The molecule has 160 valence electrons. The van der Waals surface area contributed by atoms with Crippen molar-refractivity contribution in [3.63, 3.8) is 0 Å². The predicted molar refractivity (Wildman–Crippen MR) is 113 cm³/mol. The molecule has 3 heterocycles.